The Hall–Kier alpha value is -2.05. The van der Waals surface area contributed by atoms with Crippen molar-refractivity contribution in [2.45, 2.75) is 20.4 Å². The third kappa shape index (κ3) is 5.21. The van der Waals surface area contributed by atoms with Crippen LogP contribution in [0.3, 0.4) is 0 Å². The van der Waals surface area contributed by atoms with Crippen LogP contribution in [-0.2, 0) is 21.4 Å². The van der Waals surface area contributed by atoms with Crippen LogP contribution in [0.5, 0.6) is 0 Å². The minimum Gasteiger partial charge on any atom is -0.350 e. The Morgan fingerprint density at radius 2 is 1.64 bits per heavy atom. The third-order valence-electron chi connectivity index (χ3n) is 3.78. The van der Waals surface area contributed by atoms with Gasteiger partial charge >= 0.3 is 0 Å². The molecule has 0 aliphatic carbocycles. The number of amides is 1. The van der Waals surface area contributed by atoms with Crippen LogP contribution in [0.4, 0.5) is 5.69 Å². The number of hydrogen-bond donors (Lipinski definition) is 1. The zero-order valence-electron chi connectivity index (χ0n) is 14.4. The summed E-state index contributed by atoms with van der Waals surface area (Å²) in [6.07, 6.45) is 1.10. The Kier molecular flexibility index (Phi) is 6.08. The molecule has 1 amide bonds. The van der Waals surface area contributed by atoms with E-state index in [1.807, 2.05) is 44.2 Å². The number of sulfonamides is 1. The molecule has 5 nitrogen and oxygen atoms in total. The van der Waals surface area contributed by atoms with Gasteiger partial charge in [0, 0.05) is 11.6 Å². The molecule has 2 aromatic rings. The van der Waals surface area contributed by atoms with Crippen LogP contribution in [-0.4, -0.2) is 27.1 Å². The first kappa shape index (κ1) is 19.3. The van der Waals surface area contributed by atoms with Crippen LogP contribution < -0.4 is 9.62 Å². The van der Waals surface area contributed by atoms with Crippen LogP contribution >= 0.6 is 11.6 Å². The molecule has 0 bridgehead atoms. The van der Waals surface area contributed by atoms with Gasteiger partial charge in [-0.3, -0.25) is 9.10 Å². The first-order chi connectivity index (χ1) is 11.7. The highest BCUT2D eigenvalue weighted by Gasteiger charge is 2.23. The van der Waals surface area contributed by atoms with Crippen molar-refractivity contribution in [2.24, 2.45) is 0 Å². The second-order valence-electron chi connectivity index (χ2n) is 5.91. The van der Waals surface area contributed by atoms with Gasteiger partial charge in [-0.05, 0) is 42.7 Å². The summed E-state index contributed by atoms with van der Waals surface area (Å²) in [6.45, 7) is 3.69. The van der Waals surface area contributed by atoms with Crippen molar-refractivity contribution in [3.63, 3.8) is 0 Å². The number of rotatable bonds is 6. The summed E-state index contributed by atoms with van der Waals surface area (Å²) in [5, 5.41) is 3.36. The Labute approximate surface area is 153 Å². The molecule has 1 N–H and O–H groups in total. The van der Waals surface area contributed by atoms with Gasteiger partial charge in [0.2, 0.25) is 15.9 Å². The lowest BCUT2D eigenvalue weighted by atomic mass is 10.1. The molecule has 134 valence electrons. The van der Waals surface area contributed by atoms with Crippen molar-refractivity contribution in [1.29, 1.82) is 0 Å². The van der Waals surface area contributed by atoms with Gasteiger partial charge in [0.1, 0.15) is 6.54 Å². The highest BCUT2D eigenvalue weighted by atomic mass is 35.5. The average molecular weight is 381 g/mol. The number of nitrogens with zero attached hydrogens (tertiary/aromatic N) is 1. The van der Waals surface area contributed by atoms with Crippen molar-refractivity contribution in [3.8, 4) is 0 Å². The number of aryl methyl sites for hydroxylation is 2. The average Bonchev–Trinajstić information content (AvgIpc) is 2.52. The first-order valence-electron chi connectivity index (χ1n) is 7.73. The number of carbonyl (C=O) groups is 1. The van der Waals surface area contributed by atoms with Crippen LogP contribution in [0.25, 0.3) is 0 Å². The van der Waals surface area contributed by atoms with Crippen molar-refractivity contribution in [3.05, 3.63) is 64.2 Å². The topological polar surface area (TPSA) is 66.5 Å². The lowest BCUT2D eigenvalue weighted by molar-refractivity contribution is -0.119. The molecule has 0 atom stereocenters. The third-order valence-corrected chi connectivity index (χ3v) is 5.14. The summed E-state index contributed by atoms with van der Waals surface area (Å²) >= 11 is 5.83. The van der Waals surface area contributed by atoms with Gasteiger partial charge in [-0.15, -0.1) is 0 Å². The molecule has 0 spiro atoms. The van der Waals surface area contributed by atoms with Crippen LogP contribution in [0.15, 0.2) is 42.5 Å². The SMILES string of the molecule is Cc1cccc(C)c1N(CC(=O)NCc1ccc(Cl)cc1)S(C)(=O)=O. The molecule has 0 aliphatic heterocycles. The van der Waals surface area contributed by atoms with Crippen molar-refractivity contribution in [1.82, 2.24) is 5.32 Å². The van der Waals surface area contributed by atoms with E-state index in [1.54, 1.807) is 12.1 Å². The van der Waals surface area contributed by atoms with E-state index in [2.05, 4.69) is 5.32 Å². The van der Waals surface area contributed by atoms with Gasteiger partial charge in [0.25, 0.3) is 0 Å². The van der Waals surface area contributed by atoms with Crippen LogP contribution in [0, 0.1) is 13.8 Å². The molecule has 0 radical (unpaired) electrons. The smallest absolute Gasteiger partial charge is 0.241 e. The van der Waals surface area contributed by atoms with Gasteiger partial charge < -0.3 is 5.32 Å². The largest absolute Gasteiger partial charge is 0.350 e. The minimum atomic E-state index is -3.59. The van der Waals surface area contributed by atoms with E-state index in [4.69, 9.17) is 11.6 Å². The summed E-state index contributed by atoms with van der Waals surface area (Å²) in [5.74, 6) is -0.372. The summed E-state index contributed by atoms with van der Waals surface area (Å²) in [6, 6.07) is 12.6. The Bertz CT molecular complexity index is 844. The van der Waals surface area contributed by atoms with Gasteiger partial charge in [-0.2, -0.15) is 0 Å². The number of carbonyl (C=O) groups excluding carboxylic acids is 1. The number of nitrogens with one attached hydrogen (secondary N) is 1. The Balaban J connectivity index is 2.15. The number of halogens is 1. The fraction of sp³-hybridized carbons (Fsp3) is 0.278. The maximum atomic E-state index is 12.3. The lowest BCUT2D eigenvalue weighted by Crippen LogP contribution is -2.40. The Morgan fingerprint density at radius 3 is 2.16 bits per heavy atom. The predicted molar refractivity (Wildman–Crippen MR) is 101 cm³/mol. The number of hydrogen-bond acceptors (Lipinski definition) is 3. The number of anilines is 1. The zero-order chi connectivity index (χ0) is 18.6. The Morgan fingerprint density at radius 1 is 1.08 bits per heavy atom. The molecule has 0 saturated carbocycles. The monoisotopic (exact) mass is 380 g/mol. The van der Waals surface area contributed by atoms with Gasteiger partial charge in [-0.1, -0.05) is 41.9 Å². The van der Waals surface area contributed by atoms with E-state index in [-0.39, 0.29) is 12.5 Å². The summed E-state index contributed by atoms with van der Waals surface area (Å²) in [4.78, 5) is 12.3. The quantitative estimate of drug-likeness (QED) is 0.837. The molecule has 2 aromatic carbocycles. The predicted octanol–water partition coefficient (Wildman–Crippen LogP) is 3.04. The van der Waals surface area contributed by atoms with Crippen LogP contribution in [0.2, 0.25) is 5.02 Å². The van der Waals surface area contributed by atoms with Crippen LogP contribution in [0.1, 0.15) is 16.7 Å². The van der Waals surface area contributed by atoms with Crippen molar-refractivity contribution < 1.29 is 13.2 Å². The molecule has 25 heavy (non-hydrogen) atoms. The minimum absolute atomic E-state index is 0.266. The van der Waals surface area contributed by atoms with E-state index in [0.717, 1.165) is 27.3 Å². The van der Waals surface area contributed by atoms with Crippen molar-refractivity contribution in [2.75, 3.05) is 17.1 Å². The lowest BCUT2D eigenvalue weighted by Gasteiger charge is -2.25. The molecule has 7 heteroatoms. The van der Waals surface area contributed by atoms with Crippen molar-refractivity contribution >= 4 is 33.2 Å². The highest BCUT2D eigenvalue weighted by Crippen LogP contribution is 2.26. The van der Waals surface area contributed by atoms with E-state index in [0.29, 0.717) is 17.3 Å². The number of benzene rings is 2. The molecule has 0 unspecified atom stereocenters. The van der Waals surface area contributed by atoms with Gasteiger partial charge in [0.05, 0.1) is 11.9 Å². The second kappa shape index (κ2) is 7.89. The summed E-state index contributed by atoms with van der Waals surface area (Å²) < 4.78 is 25.6. The highest BCUT2D eigenvalue weighted by molar-refractivity contribution is 7.92. The molecular weight excluding hydrogens is 360 g/mol. The summed E-state index contributed by atoms with van der Waals surface area (Å²) in [7, 11) is -3.59. The first-order valence-corrected chi connectivity index (χ1v) is 9.96. The molecule has 2 rings (SSSR count). The zero-order valence-corrected chi connectivity index (χ0v) is 16.0. The van der Waals surface area contributed by atoms with E-state index in [9.17, 15) is 13.2 Å². The van der Waals surface area contributed by atoms with Gasteiger partial charge in [-0.25, -0.2) is 8.42 Å². The van der Waals surface area contributed by atoms with E-state index in [1.165, 1.54) is 0 Å². The fourth-order valence-electron chi connectivity index (χ4n) is 2.55. The molecule has 0 aromatic heterocycles. The maximum absolute atomic E-state index is 12.3. The molecule has 0 fully saturated rings. The standard InChI is InChI=1S/C18H21ClN2O3S/c1-13-5-4-6-14(2)18(13)21(25(3,23)24)12-17(22)20-11-15-7-9-16(19)10-8-15/h4-10H,11-12H2,1-3H3,(H,20,22). The second-order valence-corrected chi connectivity index (χ2v) is 8.26. The molecular formula is C18H21ClN2O3S. The molecule has 0 heterocycles. The normalized spacial score (nSPS) is 11.2. The maximum Gasteiger partial charge on any atom is 0.241 e. The fourth-order valence-corrected chi connectivity index (χ4v) is 3.65. The summed E-state index contributed by atoms with van der Waals surface area (Å²) in [5.41, 5.74) is 3.04. The molecule has 0 aliphatic rings. The van der Waals surface area contributed by atoms with E-state index < -0.39 is 10.0 Å². The van der Waals surface area contributed by atoms with E-state index >= 15 is 0 Å². The molecule has 0 saturated heterocycles. The number of para-hydroxylation sites is 1. The van der Waals surface area contributed by atoms with Gasteiger partial charge in [0.15, 0.2) is 0 Å².